The third-order valence-electron chi connectivity index (χ3n) is 3.10. The summed E-state index contributed by atoms with van der Waals surface area (Å²) in [7, 11) is 1.58. The van der Waals surface area contributed by atoms with E-state index in [9.17, 15) is 9.59 Å². The number of nitrogen functional groups attached to an aromatic ring is 1. The number of carbonyl (C=O) groups is 2. The summed E-state index contributed by atoms with van der Waals surface area (Å²) in [6, 6.07) is 14.0. The molecule has 0 aliphatic rings. The molecule has 0 aliphatic heterocycles. The van der Waals surface area contributed by atoms with Crippen molar-refractivity contribution in [3.05, 3.63) is 65.2 Å². The summed E-state index contributed by atoms with van der Waals surface area (Å²) in [6.07, 6.45) is 0. The van der Waals surface area contributed by atoms with Crippen LogP contribution in [0.3, 0.4) is 0 Å². The van der Waals surface area contributed by atoms with Crippen molar-refractivity contribution in [2.75, 3.05) is 12.8 Å². The van der Waals surface area contributed by atoms with Crippen LogP contribution in [0.25, 0.3) is 0 Å². The minimum Gasteiger partial charge on any atom is -0.398 e. The molecular weight excluding hydrogens is 266 g/mol. The van der Waals surface area contributed by atoms with E-state index in [0.717, 1.165) is 5.56 Å². The molecule has 0 radical (unpaired) electrons. The molecule has 0 atom stereocenters. The van der Waals surface area contributed by atoms with Gasteiger partial charge in [-0.25, -0.2) is 0 Å². The molecule has 5 heteroatoms. The van der Waals surface area contributed by atoms with Crippen LogP contribution in [0.15, 0.2) is 48.5 Å². The molecule has 0 saturated heterocycles. The van der Waals surface area contributed by atoms with Crippen LogP contribution >= 0.6 is 0 Å². The Morgan fingerprint density at radius 1 is 1.00 bits per heavy atom. The molecule has 0 bridgehead atoms. The lowest BCUT2D eigenvalue weighted by molar-refractivity contribution is 0.0946. The number of anilines is 1. The largest absolute Gasteiger partial charge is 0.398 e. The van der Waals surface area contributed by atoms with Crippen molar-refractivity contribution in [2.24, 2.45) is 0 Å². The van der Waals surface area contributed by atoms with Crippen LogP contribution in [0.2, 0.25) is 0 Å². The number of benzene rings is 2. The first-order valence-electron chi connectivity index (χ1n) is 6.55. The van der Waals surface area contributed by atoms with Crippen LogP contribution in [0, 0.1) is 0 Å². The lowest BCUT2D eigenvalue weighted by Crippen LogP contribution is -2.24. The van der Waals surface area contributed by atoms with Gasteiger partial charge in [-0.1, -0.05) is 24.3 Å². The summed E-state index contributed by atoms with van der Waals surface area (Å²) in [6.45, 7) is 0.376. The normalized spacial score (nSPS) is 9.95. The number of hydrogen-bond donors (Lipinski definition) is 3. The van der Waals surface area contributed by atoms with E-state index in [1.54, 1.807) is 55.6 Å². The van der Waals surface area contributed by atoms with E-state index in [1.165, 1.54) is 0 Å². The Labute approximate surface area is 123 Å². The van der Waals surface area contributed by atoms with Gasteiger partial charge >= 0.3 is 0 Å². The Morgan fingerprint density at radius 2 is 1.67 bits per heavy atom. The maximum absolute atomic E-state index is 12.0. The quantitative estimate of drug-likeness (QED) is 0.744. The van der Waals surface area contributed by atoms with E-state index in [-0.39, 0.29) is 11.8 Å². The first-order chi connectivity index (χ1) is 10.1. The number of amides is 2. The Balaban J connectivity index is 1.99. The fourth-order valence-corrected chi connectivity index (χ4v) is 1.90. The first-order valence-corrected chi connectivity index (χ1v) is 6.55. The average molecular weight is 283 g/mol. The van der Waals surface area contributed by atoms with Gasteiger partial charge in [-0.2, -0.15) is 0 Å². The second kappa shape index (κ2) is 6.56. The minimum atomic E-state index is -0.219. The molecule has 0 aromatic heterocycles. The van der Waals surface area contributed by atoms with Crippen molar-refractivity contribution in [1.29, 1.82) is 0 Å². The summed E-state index contributed by atoms with van der Waals surface area (Å²) in [4.78, 5) is 23.4. The Bertz CT molecular complexity index is 651. The average Bonchev–Trinajstić information content (AvgIpc) is 2.52. The molecule has 21 heavy (non-hydrogen) atoms. The van der Waals surface area contributed by atoms with E-state index in [4.69, 9.17) is 5.73 Å². The third-order valence-corrected chi connectivity index (χ3v) is 3.10. The van der Waals surface area contributed by atoms with Crippen molar-refractivity contribution in [3.8, 4) is 0 Å². The highest BCUT2D eigenvalue weighted by Gasteiger charge is 2.08. The van der Waals surface area contributed by atoms with Crippen molar-refractivity contribution in [2.45, 2.75) is 6.54 Å². The molecule has 4 N–H and O–H groups in total. The van der Waals surface area contributed by atoms with Crippen LogP contribution < -0.4 is 16.4 Å². The number of nitrogens with two attached hydrogens (primary N) is 1. The van der Waals surface area contributed by atoms with Crippen LogP contribution in [0.5, 0.6) is 0 Å². The van der Waals surface area contributed by atoms with Crippen molar-refractivity contribution in [3.63, 3.8) is 0 Å². The van der Waals surface area contributed by atoms with Gasteiger partial charge in [-0.15, -0.1) is 0 Å². The Hall–Kier alpha value is -2.82. The monoisotopic (exact) mass is 283 g/mol. The zero-order valence-corrected chi connectivity index (χ0v) is 11.7. The summed E-state index contributed by atoms with van der Waals surface area (Å²) in [5.74, 6) is -0.355. The van der Waals surface area contributed by atoms with Gasteiger partial charge in [0.05, 0.1) is 5.56 Å². The smallest absolute Gasteiger partial charge is 0.253 e. The lowest BCUT2D eigenvalue weighted by Gasteiger charge is -2.08. The molecule has 0 aliphatic carbocycles. The lowest BCUT2D eigenvalue weighted by atomic mass is 10.1. The number of carbonyl (C=O) groups excluding carboxylic acids is 2. The number of rotatable bonds is 4. The second-order valence-electron chi connectivity index (χ2n) is 4.55. The van der Waals surface area contributed by atoms with Gasteiger partial charge in [0.2, 0.25) is 0 Å². The van der Waals surface area contributed by atoms with Crippen molar-refractivity contribution >= 4 is 17.5 Å². The Morgan fingerprint density at radius 3 is 2.29 bits per heavy atom. The van der Waals surface area contributed by atoms with Crippen LogP contribution in [0.4, 0.5) is 5.69 Å². The summed E-state index contributed by atoms with van der Waals surface area (Å²) < 4.78 is 0. The highest BCUT2D eigenvalue weighted by molar-refractivity contribution is 5.99. The maximum atomic E-state index is 12.0. The van der Waals surface area contributed by atoms with E-state index < -0.39 is 0 Å². The fourth-order valence-electron chi connectivity index (χ4n) is 1.90. The van der Waals surface area contributed by atoms with Crippen LogP contribution in [-0.2, 0) is 6.54 Å². The molecule has 0 unspecified atom stereocenters. The van der Waals surface area contributed by atoms with Crippen molar-refractivity contribution < 1.29 is 9.59 Å². The van der Waals surface area contributed by atoms with E-state index in [2.05, 4.69) is 10.6 Å². The maximum Gasteiger partial charge on any atom is 0.253 e. The number of hydrogen-bond acceptors (Lipinski definition) is 3. The highest BCUT2D eigenvalue weighted by Crippen LogP contribution is 2.10. The van der Waals surface area contributed by atoms with Crippen LogP contribution in [0.1, 0.15) is 26.3 Å². The minimum absolute atomic E-state index is 0.136. The zero-order valence-electron chi connectivity index (χ0n) is 11.7. The van der Waals surface area contributed by atoms with Gasteiger partial charge in [-0.05, 0) is 29.8 Å². The molecule has 0 saturated carbocycles. The van der Waals surface area contributed by atoms with E-state index in [0.29, 0.717) is 23.4 Å². The van der Waals surface area contributed by atoms with Crippen LogP contribution in [-0.4, -0.2) is 18.9 Å². The first kappa shape index (κ1) is 14.6. The predicted molar refractivity (Wildman–Crippen MR) is 81.9 cm³/mol. The number of nitrogens with one attached hydrogen (secondary N) is 2. The highest BCUT2D eigenvalue weighted by atomic mass is 16.2. The fraction of sp³-hybridized carbons (Fsp3) is 0.125. The molecule has 2 aromatic rings. The van der Waals surface area contributed by atoms with Gasteiger partial charge in [0.15, 0.2) is 0 Å². The summed E-state index contributed by atoms with van der Waals surface area (Å²) in [5, 5.41) is 5.36. The molecule has 5 nitrogen and oxygen atoms in total. The Kier molecular flexibility index (Phi) is 4.56. The molecule has 0 spiro atoms. The number of para-hydroxylation sites is 1. The molecule has 2 amide bonds. The molecule has 0 heterocycles. The standard InChI is InChI=1S/C16H17N3O2/c1-18-15(20)12-8-6-11(7-9-12)10-19-16(21)13-4-2-3-5-14(13)17/h2-9H,10,17H2,1H3,(H,18,20)(H,19,21). The molecule has 108 valence electrons. The predicted octanol–water partition coefficient (Wildman–Crippen LogP) is 1.56. The summed E-state index contributed by atoms with van der Waals surface area (Å²) >= 11 is 0. The molecule has 2 rings (SSSR count). The van der Waals surface area contributed by atoms with Crippen molar-refractivity contribution in [1.82, 2.24) is 10.6 Å². The molecular formula is C16H17N3O2. The van der Waals surface area contributed by atoms with Gasteiger partial charge in [0.25, 0.3) is 11.8 Å². The van der Waals surface area contributed by atoms with Gasteiger partial charge in [0, 0.05) is 24.8 Å². The SMILES string of the molecule is CNC(=O)c1ccc(CNC(=O)c2ccccc2N)cc1. The van der Waals surface area contributed by atoms with E-state index in [1.807, 2.05) is 0 Å². The zero-order chi connectivity index (χ0) is 15.2. The van der Waals surface area contributed by atoms with Gasteiger partial charge in [0.1, 0.15) is 0 Å². The van der Waals surface area contributed by atoms with Gasteiger partial charge < -0.3 is 16.4 Å². The summed E-state index contributed by atoms with van der Waals surface area (Å²) in [5.41, 5.74) is 8.15. The third kappa shape index (κ3) is 3.60. The molecule has 2 aromatic carbocycles. The topological polar surface area (TPSA) is 84.2 Å². The van der Waals surface area contributed by atoms with E-state index >= 15 is 0 Å². The molecule has 0 fully saturated rings. The second-order valence-corrected chi connectivity index (χ2v) is 4.55. The van der Waals surface area contributed by atoms with Gasteiger partial charge in [-0.3, -0.25) is 9.59 Å².